The molecule has 0 bridgehead atoms. The molecule has 0 saturated heterocycles. The van der Waals surface area contributed by atoms with Gasteiger partial charge >= 0.3 is 50.6 Å². The smallest absolute Gasteiger partial charge is 0.726 e. The van der Waals surface area contributed by atoms with Gasteiger partial charge in [-0.25, -0.2) is 16.8 Å². The Morgan fingerprint density at radius 2 is 0.706 bits per heavy atom. The van der Waals surface area contributed by atoms with Crippen molar-refractivity contribution in [3.05, 3.63) is 303 Å². The number of para-hydroxylation sites is 4. The molecule has 0 amide bonds. The predicted octanol–water partition coefficient (Wildman–Crippen LogP) is 10.9. The van der Waals surface area contributed by atoms with Crippen LogP contribution in [0.25, 0.3) is 0 Å². The molecule has 0 unspecified atom stereocenters. The third kappa shape index (κ3) is 32.4. The molecule has 10 aromatic carbocycles. The molecule has 10 aromatic rings. The van der Waals surface area contributed by atoms with Crippen LogP contribution >= 0.6 is 23.4 Å². The summed E-state index contributed by atoms with van der Waals surface area (Å²) < 4.78 is 65.0. The maximum absolute atomic E-state index is 9.22. The van der Waals surface area contributed by atoms with Crippen LogP contribution in [0.1, 0.15) is 0 Å². The molecule has 12 rings (SSSR count). The quantitative estimate of drug-likeness (QED) is 0.0408. The average molecular weight is 1400 g/mol. The van der Waals surface area contributed by atoms with Crippen LogP contribution < -0.4 is 31.8 Å². The van der Waals surface area contributed by atoms with Gasteiger partial charge in [-0.15, -0.1) is 0 Å². The average Bonchev–Trinajstić information content (AvgIpc) is 1.74. The van der Waals surface area contributed by atoms with E-state index in [1.807, 2.05) is 103 Å². The third-order valence-corrected chi connectivity index (χ3v) is 17.0. The minimum atomic E-state index is -4.41. The van der Waals surface area contributed by atoms with E-state index in [-0.39, 0.29) is 61.5 Å². The monoisotopic (exact) mass is 1400 g/mol. The van der Waals surface area contributed by atoms with Gasteiger partial charge in [0.2, 0.25) is 20.8 Å². The molecule has 2 aliphatic rings. The summed E-state index contributed by atoms with van der Waals surface area (Å²) in [5, 5.41) is 7.76. The van der Waals surface area contributed by atoms with Crippen molar-refractivity contribution in [1.82, 2.24) is 0 Å². The SMILES string of the molecule is COS(=O)(=O)[O-].COS(=O)(=O)[O-].Clc1ccccc1.O=C=O.O=C=O.[Cu+2].[c-]1ccccc1.[c-]1ccccc1.c1ccc([I+]c2ccccc2)cc1.c1ccc([S+]2c3ccccc3Nc3ccccc32)cc1.c1ccc2c(c1)Nc1ccccc1S2. The van der Waals surface area contributed by atoms with Crippen LogP contribution in [0.3, 0.4) is 0 Å². The molecule has 441 valence electrons. The van der Waals surface area contributed by atoms with E-state index in [1.165, 1.54) is 54.4 Å². The Morgan fingerprint density at radius 3 is 1.00 bits per heavy atom. The molecular formula is C64H54ClCuIN2O12S4. The van der Waals surface area contributed by atoms with Crippen molar-refractivity contribution in [1.29, 1.82) is 0 Å². The Hall–Kier alpha value is -7.46. The number of nitrogens with one attached hydrogen (secondary N) is 2. The third-order valence-electron chi connectivity index (χ3n) is 9.77. The number of carbonyl (C=O) groups excluding carboxylic acids is 4. The Labute approximate surface area is 530 Å². The van der Waals surface area contributed by atoms with Crippen LogP contribution in [0.4, 0.5) is 22.7 Å². The zero-order valence-corrected chi connectivity index (χ0v) is 52.3. The van der Waals surface area contributed by atoms with Crippen molar-refractivity contribution in [3.8, 4) is 0 Å². The van der Waals surface area contributed by atoms with Crippen molar-refractivity contribution in [3.63, 3.8) is 0 Å². The zero-order chi connectivity index (χ0) is 61.1. The summed E-state index contributed by atoms with van der Waals surface area (Å²) in [6, 6.07) is 101. The van der Waals surface area contributed by atoms with Gasteiger partial charge in [0, 0.05) is 14.8 Å². The first kappa shape index (κ1) is 73.6. The molecule has 0 aromatic heterocycles. The summed E-state index contributed by atoms with van der Waals surface area (Å²) in [5.74, 6) is 0. The van der Waals surface area contributed by atoms with Crippen LogP contribution in [0.2, 0.25) is 5.02 Å². The van der Waals surface area contributed by atoms with E-state index in [9.17, 15) is 25.9 Å². The Bertz CT molecular complexity index is 3380. The van der Waals surface area contributed by atoms with Gasteiger partial charge in [-0.05, 0) is 97.1 Å². The van der Waals surface area contributed by atoms with Crippen LogP contribution in [-0.4, -0.2) is 52.5 Å². The fourth-order valence-electron chi connectivity index (χ4n) is 6.33. The van der Waals surface area contributed by atoms with Crippen molar-refractivity contribution < 1.29 is 91.8 Å². The molecule has 0 spiro atoms. The van der Waals surface area contributed by atoms with E-state index < -0.39 is 20.8 Å². The molecule has 2 aliphatic heterocycles. The van der Waals surface area contributed by atoms with Gasteiger partial charge in [0.1, 0.15) is 10.9 Å². The summed E-state index contributed by atoms with van der Waals surface area (Å²) in [7, 11) is -7.23. The van der Waals surface area contributed by atoms with E-state index >= 15 is 0 Å². The standard InChI is InChI=1S/C18H14NS.C12H10I.C12H9NS.C6H5Cl.2C6H5.2CH4O4S.2CO2.Cu/c1-2-8-14(9-3-1)20-17-12-6-4-10-15(17)19-16-11-5-7-13-18(16)20;1-3-7-11(8-4-1)13-12-9-5-2-6-10-12;1-3-7-11-9(5-1)13-10-6-2-4-8-12(10)14-11;7-6-4-2-1-3-5-6;2*1-2-4-6-5-3-1;2*1-5-6(2,3)4;2*2-1-3;/h1-13,19H;1-10H;1-8,13H;1-5H;2*1-5H;2*1H3,(H,2,3,4);;;/q2*+1;;;2*-1;;;;;+2/p-2. The molecule has 0 atom stereocenters. The summed E-state index contributed by atoms with van der Waals surface area (Å²) >= 11 is 7.39. The van der Waals surface area contributed by atoms with E-state index in [2.05, 4.69) is 219 Å². The number of fused-ring (bicyclic) bond motifs is 4. The van der Waals surface area contributed by atoms with Gasteiger partial charge in [-0.3, -0.25) is 8.37 Å². The molecule has 0 saturated carbocycles. The maximum atomic E-state index is 9.22. The number of anilines is 4. The van der Waals surface area contributed by atoms with Crippen molar-refractivity contribution >= 4 is 90.1 Å². The van der Waals surface area contributed by atoms with Crippen LogP contribution in [0.15, 0.2) is 304 Å². The normalized spacial score (nSPS) is 10.4. The van der Waals surface area contributed by atoms with Crippen LogP contribution in [0.5, 0.6) is 0 Å². The number of halogens is 2. The van der Waals surface area contributed by atoms with Gasteiger partial charge in [0.15, 0.2) is 21.8 Å². The number of benzene rings is 10. The number of rotatable bonds is 5. The second-order valence-electron chi connectivity index (χ2n) is 15.4. The summed E-state index contributed by atoms with van der Waals surface area (Å²) in [4.78, 5) is 39.2. The van der Waals surface area contributed by atoms with Crippen molar-refractivity contribution in [2.24, 2.45) is 0 Å². The minimum Gasteiger partial charge on any atom is -0.726 e. The topological polar surface area (TPSA) is 225 Å². The maximum Gasteiger partial charge on any atom is 2.00 e. The van der Waals surface area contributed by atoms with Crippen molar-refractivity contribution in [2.75, 3.05) is 24.9 Å². The molecule has 1 radical (unpaired) electrons. The molecule has 2 N–H and O–H groups in total. The predicted molar refractivity (Wildman–Crippen MR) is 321 cm³/mol. The molecule has 0 aliphatic carbocycles. The largest absolute Gasteiger partial charge is 2.00 e. The Morgan fingerprint density at radius 1 is 0.435 bits per heavy atom. The molecule has 2 heterocycles. The number of hydrogen-bond acceptors (Lipinski definition) is 15. The second kappa shape index (κ2) is 44.1. The first-order valence-corrected chi connectivity index (χ1v) is 31.6. The van der Waals surface area contributed by atoms with E-state index in [4.69, 9.17) is 30.8 Å². The first-order chi connectivity index (χ1) is 40.7. The van der Waals surface area contributed by atoms with Crippen LogP contribution in [0, 0.1) is 19.3 Å². The van der Waals surface area contributed by atoms with E-state index in [1.54, 1.807) is 0 Å². The van der Waals surface area contributed by atoms with Gasteiger partial charge < -0.3 is 19.7 Å². The molecule has 0 fully saturated rings. The number of hydrogen-bond donors (Lipinski definition) is 2. The van der Waals surface area contributed by atoms with Gasteiger partial charge in [0.05, 0.1) is 37.0 Å². The van der Waals surface area contributed by atoms with E-state index in [0.29, 0.717) is 0 Å². The van der Waals surface area contributed by atoms with Crippen molar-refractivity contribution in [2.45, 2.75) is 24.5 Å². The zero-order valence-electron chi connectivity index (χ0n) is 45.1. The Balaban J connectivity index is 0.000000341. The summed E-state index contributed by atoms with van der Waals surface area (Å²) in [6.07, 6.45) is 0.500. The fourth-order valence-corrected chi connectivity index (χ4v) is 12.0. The van der Waals surface area contributed by atoms with Crippen LogP contribution in [-0.2, 0) is 76.3 Å². The molecule has 85 heavy (non-hydrogen) atoms. The summed E-state index contributed by atoms with van der Waals surface area (Å²) in [5.41, 5.74) is 4.85. The van der Waals surface area contributed by atoms with E-state index in [0.717, 1.165) is 19.2 Å². The minimum absolute atomic E-state index is 0. The first-order valence-electron chi connectivity index (χ1n) is 24.3. The fraction of sp³-hybridized carbons (Fsp3) is 0.0312. The van der Waals surface area contributed by atoms with Gasteiger partial charge in [0.25, 0.3) is 0 Å². The molecule has 14 nitrogen and oxygen atoms in total. The summed E-state index contributed by atoms with van der Waals surface area (Å²) in [6.45, 7) is 0. The molecular weight excluding hydrogens is 1340 g/mol. The van der Waals surface area contributed by atoms with Gasteiger partial charge in [-0.2, -0.15) is 92.0 Å². The van der Waals surface area contributed by atoms with Gasteiger partial charge in [-0.1, -0.05) is 145 Å². The Kier molecular flexibility index (Phi) is 38.2. The second-order valence-corrected chi connectivity index (χ2v) is 24.2. The molecule has 21 heteroatoms.